The topological polar surface area (TPSA) is 60.0 Å². The minimum atomic E-state index is -0.502. The van der Waals surface area contributed by atoms with Gasteiger partial charge in [-0.1, -0.05) is 6.07 Å². The van der Waals surface area contributed by atoms with E-state index in [9.17, 15) is 5.11 Å². The van der Waals surface area contributed by atoms with Crippen LogP contribution in [0.4, 0.5) is 0 Å². The normalized spacial score (nSPS) is 12.5. The van der Waals surface area contributed by atoms with E-state index in [1.807, 2.05) is 32.0 Å². The first-order chi connectivity index (χ1) is 9.56. The molecule has 0 heterocycles. The lowest BCUT2D eigenvalue weighted by molar-refractivity contribution is 0.00630. The fourth-order valence-corrected chi connectivity index (χ4v) is 1.74. The van der Waals surface area contributed by atoms with Crippen molar-refractivity contribution in [2.45, 2.75) is 32.6 Å². The first-order valence-electron chi connectivity index (χ1n) is 6.78. The molecule has 2 N–H and O–H groups in total. The Labute approximate surface area is 120 Å². The van der Waals surface area contributed by atoms with Crippen LogP contribution in [0.3, 0.4) is 0 Å². The molecule has 0 saturated heterocycles. The zero-order valence-electron chi connectivity index (χ0n) is 12.7. The largest absolute Gasteiger partial charge is 0.493 e. The molecule has 0 saturated carbocycles. The first-order valence-corrected chi connectivity index (χ1v) is 6.78. The highest BCUT2D eigenvalue weighted by molar-refractivity contribution is 5.42. The van der Waals surface area contributed by atoms with Crippen molar-refractivity contribution >= 4 is 0 Å². The van der Waals surface area contributed by atoms with Crippen molar-refractivity contribution in [1.29, 1.82) is 0 Å². The van der Waals surface area contributed by atoms with E-state index in [2.05, 4.69) is 5.32 Å². The van der Waals surface area contributed by atoms with E-state index in [0.717, 1.165) is 5.56 Å². The summed E-state index contributed by atoms with van der Waals surface area (Å²) < 4.78 is 15.8. The van der Waals surface area contributed by atoms with Crippen LogP contribution in [0.2, 0.25) is 0 Å². The number of hydrogen-bond acceptors (Lipinski definition) is 5. The van der Waals surface area contributed by atoms with Gasteiger partial charge in [0.05, 0.1) is 33.0 Å². The Morgan fingerprint density at radius 1 is 1.15 bits per heavy atom. The summed E-state index contributed by atoms with van der Waals surface area (Å²) in [5.74, 6) is 1.41. The van der Waals surface area contributed by atoms with Gasteiger partial charge in [-0.05, 0) is 31.5 Å². The fraction of sp³-hybridized carbons (Fsp3) is 0.600. The third-order valence-corrected chi connectivity index (χ3v) is 2.78. The molecule has 0 aliphatic heterocycles. The third kappa shape index (κ3) is 5.77. The second kappa shape index (κ2) is 8.79. The standard InChI is InChI=1S/C15H25NO4/c1-11(2)20-10-13(17)9-16-8-12-5-6-14(18-3)15(7-12)19-4/h5-7,11,13,16-17H,8-10H2,1-4H3. The highest BCUT2D eigenvalue weighted by Crippen LogP contribution is 2.27. The third-order valence-electron chi connectivity index (χ3n) is 2.78. The molecule has 0 aromatic heterocycles. The molecule has 1 aromatic carbocycles. The van der Waals surface area contributed by atoms with E-state index >= 15 is 0 Å². The molecule has 1 atom stereocenters. The van der Waals surface area contributed by atoms with Crippen molar-refractivity contribution in [3.63, 3.8) is 0 Å². The molecule has 1 aromatic rings. The van der Waals surface area contributed by atoms with Crippen molar-refractivity contribution in [2.75, 3.05) is 27.4 Å². The lowest BCUT2D eigenvalue weighted by Gasteiger charge is -2.15. The molecule has 0 bridgehead atoms. The van der Waals surface area contributed by atoms with E-state index < -0.39 is 6.10 Å². The van der Waals surface area contributed by atoms with Gasteiger partial charge in [0.2, 0.25) is 0 Å². The Morgan fingerprint density at radius 2 is 1.85 bits per heavy atom. The number of benzene rings is 1. The Bertz CT molecular complexity index is 395. The van der Waals surface area contributed by atoms with E-state index in [4.69, 9.17) is 14.2 Å². The minimum absolute atomic E-state index is 0.135. The zero-order valence-corrected chi connectivity index (χ0v) is 12.7. The maximum absolute atomic E-state index is 9.73. The fourth-order valence-electron chi connectivity index (χ4n) is 1.74. The molecule has 20 heavy (non-hydrogen) atoms. The van der Waals surface area contributed by atoms with Crippen molar-refractivity contribution in [1.82, 2.24) is 5.32 Å². The summed E-state index contributed by atoms with van der Waals surface area (Å²) >= 11 is 0. The highest BCUT2D eigenvalue weighted by Gasteiger charge is 2.07. The summed E-state index contributed by atoms with van der Waals surface area (Å²) in [4.78, 5) is 0. The van der Waals surface area contributed by atoms with Gasteiger partial charge in [-0.2, -0.15) is 0 Å². The van der Waals surface area contributed by atoms with Crippen LogP contribution in [0.15, 0.2) is 18.2 Å². The van der Waals surface area contributed by atoms with Crippen LogP contribution in [0, 0.1) is 0 Å². The molecule has 0 amide bonds. The average molecular weight is 283 g/mol. The van der Waals surface area contributed by atoms with Crippen molar-refractivity contribution in [3.05, 3.63) is 23.8 Å². The van der Waals surface area contributed by atoms with Gasteiger partial charge in [-0.25, -0.2) is 0 Å². The van der Waals surface area contributed by atoms with Gasteiger partial charge in [0.1, 0.15) is 0 Å². The molecule has 1 unspecified atom stereocenters. The Kier molecular flexibility index (Phi) is 7.36. The Balaban J connectivity index is 2.38. The van der Waals surface area contributed by atoms with Crippen LogP contribution >= 0.6 is 0 Å². The summed E-state index contributed by atoms with van der Waals surface area (Å²) in [6.07, 6.45) is -0.368. The number of nitrogens with one attached hydrogen (secondary N) is 1. The van der Waals surface area contributed by atoms with Gasteiger partial charge in [0.15, 0.2) is 11.5 Å². The monoisotopic (exact) mass is 283 g/mol. The molecular weight excluding hydrogens is 258 g/mol. The SMILES string of the molecule is COc1ccc(CNCC(O)COC(C)C)cc1OC. The van der Waals surface area contributed by atoms with Gasteiger partial charge in [0, 0.05) is 13.1 Å². The number of ether oxygens (including phenoxy) is 3. The summed E-state index contributed by atoms with van der Waals surface area (Å²) in [6, 6.07) is 5.75. The lowest BCUT2D eigenvalue weighted by atomic mass is 10.2. The summed E-state index contributed by atoms with van der Waals surface area (Å²) in [7, 11) is 3.23. The van der Waals surface area contributed by atoms with Crippen molar-refractivity contribution < 1.29 is 19.3 Å². The van der Waals surface area contributed by atoms with Gasteiger partial charge in [-0.15, -0.1) is 0 Å². The summed E-state index contributed by atoms with van der Waals surface area (Å²) in [5.41, 5.74) is 1.07. The number of aliphatic hydroxyl groups excluding tert-OH is 1. The van der Waals surface area contributed by atoms with Crippen LogP contribution in [0.5, 0.6) is 11.5 Å². The molecule has 0 aliphatic rings. The quantitative estimate of drug-likeness (QED) is 0.720. The molecular formula is C15H25NO4. The highest BCUT2D eigenvalue weighted by atomic mass is 16.5. The average Bonchev–Trinajstić information content (AvgIpc) is 2.44. The van der Waals surface area contributed by atoms with E-state index in [1.165, 1.54) is 0 Å². The van der Waals surface area contributed by atoms with Crippen LogP contribution in [0.25, 0.3) is 0 Å². The van der Waals surface area contributed by atoms with E-state index in [1.54, 1.807) is 14.2 Å². The van der Waals surface area contributed by atoms with Crippen molar-refractivity contribution in [2.24, 2.45) is 0 Å². The number of rotatable bonds is 9. The molecule has 114 valence electrons. The molecule has 0 spiro atoms. The zero-order chi connectivity index (χ0) is 15.0. The number of methoxy groups -OCH3 is 2. The molecule has 0 radical (unpaired) electrons. The van der Waals surface area contributed by atoms with Crippen LogP contribution in [-0.4, -0.2) is 44.7 Å². The van der Waals surface area contributed by atoms with Crippen molar-refractivity contribution in [3.8, 4) is 11.5 Å². The molecule has 0 fully saturated rings. The minimum Gasteiger partial charge on any atom is -0.493 e. The van der Waals surface area contributed by atoms with Gasteiger partial charge < -0.3 is 24.6 Å². The Hall–Kier alpha value is -1.30. The number of hydrogen-bond donors (Lipinski definition) is 2. The molecule has 5 nitrogen and oxygen atoms in total. The lowest BCUT2D eigenvalue weighted by Crippen LogP contribution is -2.31. The predicted molar refractivity (Wildman–Crippen MR) is 78.3 cm³/mol. The smallest absolute Gasteiger partial charge is 0.161 e. The van der Waals surface area contributed by atoms with E-state index in [-0.39, 0.29) is 6.10 Å². The Morgan fingerprint density at radius 3 is 2.45 bits per heavy atom. The van der Waals surface area contributed by atoms with Crippen LogP contribution < -0.4 is 14.8 Å². The van der Waals surface area contributed by atoms with Gasteiger partial charge >= 0.3 is 0 Å². The maximum atomic E-state index is 9.73. The predicted octanol–water partition coefficient (Wildman–Crippen LogP) is 1.58. The second-order valence-corrected chi connectivity index (χ2v) is 4.86. The van der Waals surface area contributed by atoms with Crippen LogP contribution in [0.1, 0.15) is 19.4 Å². The molecule has 1 rings (SSSR count). The maximum Gasteiger partial charge on any atom is 0.161 e. The summed E-state index contributed by atoms with van der Waals surface area (Å²) in [5, 5.41) is 12.9. The second-order valence-electron chi connectivity index (χ2n) is 4.86. The van der Waals surface area contributed by atoms with Crippen LogP contribution in [-0.2, 0) is 11.3 Å². The molecule has 0 aliphatic carbocycles. The molecule has 5 heteroatoms. The summed E-state index contributed by atoms with van der Waals surface area (Å²) in [6.45, 7) is 5.38. The number of aliphatic hydroxyl groups is 1. The van der Waals surface area contributed by atoms with Gasteiger partial charge in [-0.3, -0.25) is 0 Å². The van der Waals surface area contributed by atoms with E-state index in [0.29, 0.717) is 31.2 Å². The van der Waals surface area contributed by atoms with Gasteiger partial charge in [0.25, 0.3) is 0 Å². The first kappa shape index (κ1) is 16.8.